The second-order valence-corrected chi connectivity index (χ2v) is 7.15. The van der Waals surface area contributed by atoms with Crippen LogP contribution in [0.3, 0.4) is 0 Å². The van der Waals surface area contributed by atoms with Gasteiger partial charge < -0.3 is 24.8 Å². The lowest BCUT2D eigenvalue weighted by molar-refractivity contribution is -0.268. The van der Waals surface area contributed by atoms with Gasteiger partial charge >= 0.3 is 10.3 Å². The monoisotopic (exact) mass is 371 g/mol. The van der Waals surface area contributed by atoms with Gasteiger partial charge in [0.25, 0.3) is 0 Å². The second-order valence-electron chi connectivity index (χ2n) is 5.96. The molecule has 0 aromatic rings. The van der Waals surface area contributed by atoms with Crippen LogP contribution in [0.25, 0.3) is 0 Å². The minimum absolute atomic E-state index is 0.265. The summed E-state index contributed by atoms with van der Waals surface area (Å²) in [5.74, 6) is 0. The smallest absolute Gasteiger partial charge is 0.333 e. The zero-order valence-electron chi connectivity index (χ0n) is 13.9. The molecular weight excluding hydrogens is 342 g/mol. The number of aliphatic hydroxyl groups excluding tert-OH is 3. The van der Waals surface area contributed by atoms with Crippen molar-refractivity contribution in [1.82, 2.24) is 4.72 Å². The summed E-state index contributed by atoms with van der Waals surface area (Å²) in [4.78, 5) is 0. The zero-order valence-corrected chi connectivity index (χ0v) is 14.7. The number of hydrogen-bond acceptors (Lipinski definition) is 7. The summed E-state index contributed by atoms with van der Waals surface area (Å²) in [6.45, 7) is 1.83. The Morgan fingerprint density at radius 1 is 1.08 bits per heavy atom. The third-order valence-electron chi connectivity index (χ3n) is 3.95. The Hall–Kier alpha value is -0.330. The quantitative estimate of drug-likeness (QED) is 0.243. The van der Waals surface area contributed by atoms with Gasteiger partial charge in [-0.15, -0.1) is 0 Å². The van der Waals surface area contributed by atoms with E-state index in [0.29, 0.717) is 0 Å². The fraction of sp³-hybridized carbons (Fsp3) is 1.00. The Morgan fingerprint density at radius 3 is 2.29 bits per heavy atom. The predicted octanol–water partition coefficient (Wildman–Crippen LogP) is -0.436. The topological polar surface area (TPSA) is 146 Å². The molecule has 1 fully saturated rings. The fourth-order valence-electron chi connectivity index (χ4n) is 2.60. The van der Waals surface area contributed by atoms with Crippen LogP contribution in [-0.4, -0.2) is 72.1 Å². The van der Waals surface area contributed by atoms with Crippen LogP contribution in [0.5, 0.6) is 0 Å². The predicted molar refractivity (Wildman–Crippen MR) is 85.6 cm³/mol. The Balaban J connectivity index is 2.54. The molecule has 5 atom stereocenters. The maximum absolute atomic E-state index is 11.0. The van der Waals surface area contributed by atoms with E-state index < -0.39 is 47.6 Å². The lowest BCUT2D eigenvalue weighted by Gasteiger charge is -2.41. The molecule has 0 amide bonds. The molecular formula is C14H29NO8S. The molecule has 0 unspecified atom stereocenters. The Morgan fingerprint density at radius 2 is 1.71 bits per heavy atom. The number of aliphatic hydroxyl groups is 3. The number of nitrogens with one attached hydrogen (secondary N) is 1. The summed E-state index contributed by atoms with van der Waals surface area (Å²) < 4.78 is 43.5. The summed E-state index contributed by atoms with van der Waals surface area (Å²) >= 11 is 0. The molecule has 1 aliphatic rings. The first kappa shape index (κ1) is 21.7. The molecule has 0 aliphatic carbocycles. The Labute approximate surface area is 142 Å². The highest BCUT2D eigenvalue weighted by Crippen LogP contribution is 2.23. The van der Waals surface area contributed by atoms with Crippen molar-refractivity contribution in [3.63, 3.8) is 0 Å². The van der Waals surface area contributed by atoms with Crippen LogP contribution in [0.15, 0.2) is 0 Å². The van der Waals surface area contributed by atoms with E-state index in [1.54, 1.807) is 4.72 Å². The van der Waals surface area contributed by atoms with E-state index in [2.05, 4.69) is 6.92 Å². The highest BCUT2D eigenvalue weighted by molar-refractivity contribution is 7.83. The van der Waals surface area contributed by atoms with Crippen molar-refractivity contribution in [3.05, 3.63) is 0 Å². The van der Waals surface area contributed by atoms with E-state index in [1.807, 2.05) is 0 Å². The maximum Gasteiger partial charge on any atom is 0.333 e. The summed E-state index contributed by atoms with van der Waals surface area (Å²) in [6.07, 6.45) is 0.773. The van der Waals surface area contributed by atoms with E-state index in [-0.39, 0.29) is 6.61 Å². The van der Waals surface area contributed by atoms with Crippen molar-refractivity contribution < 1.29 is 37.8 Å². The number of ether oxygens (including phenoxy) is 2. The van der Waals surface area contributed by atoms with Crippen molar-refractivity contribution in [3.8, 4) is 0 Å². The standard InChI is InChI=1S/C14H29NO8S/c1-2-3-4-5-6-7-8-22-14-11(15-24(19,20)21)13(18)12(17)10(9-16)23-14/h10-18H,2-9H2,1H3,(H,19,20,21)/t10-,11-,12-,13-,14-/m1/s1. The van der Waals surface area contributed by atoms with E-state index in [4.69, 9.17) is 19.1 Å². The van der Waals surface area contributed by atoms with Crippen molar-refractivity contribution in [2.45, 2.75) is 76.1 Å². The molecule has 0 aromatic heterocycles. The molecule has 0 saturated carbocycles. The largest absolute Gasteiger partial charge is 0.394 e. The molecule has 144 valence electrons. The first-order valence-electron chi connectivity index (χ1n) is 8.29. The molecule has 1 saturated heterocycles. The van der Waals surface area contributed by atoms with E-state index >= 15 is 0 Å². The minimum atomic E-state index is -4.63. The van der Waals surface area contributed by atoms with E-state index in [1.165, 1.54) is 6.42 Å². The van der Waals surface area contributed by atoms with E-state index in [9.17, 15) is 18.6 Å². The highest BCUT2D eigenvalue weighted by atomic mass is 32.2. The molecule has 1 aliphatic heterocycles. The van der Waals surface area contributed by atoms with Crippen LogP contribution in [0, 0.1) is 0 Å². The van der Waals surface area contributed by atoms with Crippen molar-refractivity contribution >= 4 is 10.3 Å². The first-order valence-corrected chi connectivity index (χ1v) is 9.73. The lowest BCUT2D eigenvalue weighted by Crippen LogP contribution is -2.64. The minimum Gasteiger partial charge on any atom is -0.394 e. The summed E-state index contributed by atoms with van der Waals surface area (Å²) in [7, 11) is -4.63. The Kier molecular flexibility index (Phi) is 9.60. The Bertz CT molecular complexity index is 446. The average Bonchev–Trinajstić information content (AvgIpc) is 2.51. The summed E-state index contributed by atoms with van der Waals surface area (Å²) in [5, 5.41) is 29.0. The van der Waals surface area contributed by atoms with Gasteiger partial charge in [-0.05, 0) is 6.42 Å². The lowest BCUT2D eigenvalue weighted by atomic mass is 9.98. The van der Waals surface area contributed by atoms with Gasteiger partial charge in [-0.25, -0.2) is 0 Å². The van der Waals surface area contributed by atoms with Gasteiger partial charge in [0.1, 0.15) is 24.4 Å². The van der Waals surface area contributed by atoms with Gasteiger partial charge in [-0.2, -0.15) is 13.1 Å². The molecule has 1 rings (SSSR count). The maximum atomic E-state index is 11.0. The van der Waals surface area contributed by atoms with Gasteiger partial charge in [0.15, 0.2) is 6.29 Å². The highest BCUT2D eigenvalue weighted by Gasteiger charge is 2.46. The number of rotatable bonds is 11. The van der Waals surface area contributed by atoms with Gasteiger partial charge in [-0.3, -0.25) is 4.55 Å². The van der Waals surface area contributed by atoms with Crippen LogP contribution in [-0.2, 0) is 19.8 Å². The van der Waals surface area contributed by atoms with Crippen LogP contribution >= 0.6 is 0 Å². The molecule has 9 nitrogen and oxygen atoms in total. The van der Waals surface area contributed by atoms with Gasteiger partial charge in [0, 0.05) is 6.61 Å². The first-order chi connectivity index (χ1) is 11.3. The number of unbranched alkanes of at least 4 members (excludes halogenated alkanes) is 5. The van der Waals surface area contributed by atoms with Crippen LogP contribution < -0.4 is 4.72 Å². The second kappa shape index (κ2) is 10.6. The molecule has 0 spiro atoms. The van der Waals surface area contributed by atoms with Crippen molar-refractivity contribution in [2.24, 2.45) is 0 Å². The summed E-state index contributed by atoms with van der Waals surface area (Å²) in [5.41, 5.74) is 0. The molecule has 0 aromatic carbocycles. The van der Waals surface area contributed by atoms with E-state index in [0.717, 1.165) is 32.1 Å². The average molecular weight is 371 g/mol. The third kappa shape index (κ3) is 7.28. The fourth-order valence-corrected chi connectivity index (χ4v) is 3.20. The normalized spacial score (nSPS) is 31.3. The van der Waals surface area contributed by atoms with Crippen LogP contribution in [0.2, 0.25) is 0 Å². The van der Waals surface area contributed by atoms with Crippen molar-refractivity contribution in [2.75, 3.05) is 13.2 Å². The molecule has 10 heteroatoms. The molecule has 0 radical (unpaired) electrons. The van der Waals surface area contributed by atoms with Crippen molar-refractivity contribution in [1.29, 1.82) is 0 Å². The van der Waals surface area contributed by atoms with Gasteiger partial charge in [0.05, 0.1) is 6.61 Å². The van der Waals surface area contributed by atoms with Gasteiger partial charge in [-0.1, -0.05) is 39.0 Å². The van der Waals surface area contributed by atoms with Crippen LogP contribution in [0.4, 0.5) is 0 Å². The SMILES string of the molecule is CCCCCCCCO[C@@H]1O[C@H](CO)[C@@H](O)[C@H](O)[C@H]1NS(=O)(=O)O. The molecule has 1 heterocycles. The summed E-state index contributed by atoms with van der Waals surface area (Å²) in [6, 6.07) is -1.38. The van der Waals surface area contributed by atoms with Crippen LogP contribution in [0.1, 0.15) is 45.4 Å². The van der Waals surface area contributed by atoms with Gasteiger partial charge in [0.2, 0.25) is 0 Å². The molecule has 0 bridgehead atoms. The molecule has 5 N–H and O–H groups in total. The molecule has 24 heavy (non-hydrogen) atoms. The third-order valence-corrected chi connectivity index (χ3v) is 4.52. The number of hydrogen-bond donors (Lipinski definition) is 5. The zero-order chi connectivity index (χ0) is 18.2.